The van der Waals surface area contributed by atoms with Crippen molar-refractivity contribution in [2.75, 3.05) is 6.54 Å². The van der Waals surface area contributed by atoms with Crippen molar-refractivity contribution in [3.8, 4) is 0 Å². The molecule has 0 bridgehead atoms. The van der Waals surface area contributed by atoms with Crippen LogP contribution in [0, 0.1) is 0 Å². The second-order valence-electron chi connectivity index (χ2n) is 3.23. The molecule has 0 atom stereocenters. The smallest absolute Gasteiger partial charge is 0.164 e. The van der Waals surface area contributed by atoms with Gasteiger partial charge in [0.1, 0.15) is 4.60 Å². The summed E-state index contributed by atoms with van der Waals surface area (Å²) in [6.45, 7) is 0.378. The van der Waals surface area contributed by atoms with E-state index in [1.165, 1.54) is 0 Å². The lowest BCUT2D eigenvalue weighted by Crippen LogP contribution is -2.07. The highest BCUT2D eigenvalue weighted by Crippen LogP contribution is 2.22. The van der Waals surface area contributed by atoms with Crippen LogP contribution in [0.1, 0.15) is 16.8 Å². The van der Waals surface area contributed by atoms with Crippen LogP contribution >= 0.6 is 15.9 Å². The SMILES string of the molecule is NCCC(=O)c1ccc2n[nH]c(Br)c2c1. The Labute approximate surface area is 95.0 Å². The van der Waals surface area contributed by atoms with Gasteiger partial charge in [0.05, 0.1) is 5.52 Å². The Hall–Kier alpha value is -1.20. The van der Waals surface area contributed by atoms with E-state index in [1.807, 2.05) is 12.1 Å². The normalized spacial score (nSPS) is 10.8. The van der Waals surface area contributed by atoms with E-state index < -0.39 is 0 Å². The molecular formula is C10H10BrN3O. The van der Waals surface area contributed by atoms with Gasteiger partial charge in [0.25, 0.3) is 0 Å². The molecule has 1 heterocycles. The Kier molecular flexibility index (Phi) is 2.83. The number of hydrogen-bond donors (Lipinski definition) is 2. The molecule has 0 aliphatic rings. The number of nitrogens with one attached hydrogen (secondary N) is 1. The molecule has 15 heavy (non-hydrogen) atoms. The molecule has 0 amide bonds. The third-order valence-corrected chi connectivity index (χ3v) is 2.81. The van der Waals surface area contributed by atoms with Gasteiger partial charge in [-0.2, -0.15) is 5.10 Å². The number of fused-ring (bicyclic) bond motifs is 1. The van der Waals surface area contributed by atoms with Gasteiger partial charge in [-0.25, -0.2) is 0 Å². The summed E-state index contributed by atoms with van der Waals surface area (Å²) >= 11 is 3.34. The molecule has 3 N–H and O–H groups in total. The number of hydrogen-bond acceptors (Lipinski definition) is 3. The van der Waals surface area contributed by atoms with Gasteiger partial charge in [-0.1, -0.05) is 0 Å². The number of ketones is 1. The van der Waals surface area contributed by atoms with Crippen LogP contribution < -0.4 is 5.73 Å². The van der Waals surface area contributed by atoms with E-state index in [4.69, 9.17) is 5.73 Å². The van der Waals surface area contributed by atoms with Crippen LogP contribution in [0.2, 0.25) is 0 Å². The molecule has 2 rings (SSSR count). The Morgan fingerprint density at radius 1 is 1.53 bits per heavy atom. The third kappa shape index (κ3) is 1.93. The molecule has 0 unspecified atom stereocenters. The number of nitrogens with zero attached hydrogens (tertiary/aromatic N) is 1. The number of aromatic nitrogens is 2. The average molecular weight is 268 g/mol. The number of carbonyl (C=O) groups is 1. The lowest BCUT2D eigenvalue weighted by molar-refractivity contribution is 0.0985. The highest BCUT2D eigenvalue weighted by atomic mass is 79.9. The lowest BCUT2D eigenvalue weighted by Gasteiger charge is -1.98. The summed E-state index contributed by atoms with van der Waals surface area (Å²) in [5, 5.41) is 7.78. The van der Waals surface area contributed by atoms with Crippen molar-refractivity contribution < 1.29 is 4.79 Å². The summed E-state index contributed by atoms with van der Waals surface area (Å²) in [6, 6.07) is 5.41. The van der Waals surface area contributed by atoms with Crippen LogP contribution in [-0.2, 0) is 0 Å². The van der Waals surface area contributed by atoms with Crippen LogP contribution in [0.25, 0.3) is 10.9 Å². The van der Waals surface area contributed by atoms with Crippen molar-refractivity contribution in [3.05, 3.63) is 28.4 Å². The Bertz CT molecular complexity index is 506. The largest absolute Gasteiger partial charge is 0.330 e. The second kappa shape index (κ2) is 4.12. The number of rotatable bonds is 3. The van der Waals surface area contributed by atoms with Crippen molar-refractivity contribution in [1.82, 2.24) is 10.2 Å². The molecule has 5 heteroatoms. The Balaban J connectivity index is 2.45. The molecule has 0 fully saturated rings. The fourth-order valence-electron chi connectivity index (χ4n) is 1.43. The van der Waals surface area contributed by atoms with Gasteiger partial charge in [-0.05, 0) is 40.7 Å². The molecule has 0 aliphatic heterocycles. The molecule has 1 aromatic carbocycles. The molecule has 0 spiro atoms. The number of aromatic amines is 1. The third-order valence-electron chi connectivity index (χ3n) is 2.20. The van der Waals surface area contributed by atoms with Crippen LogP contribution in [0.4, 0.5) is 0 Å². The standard InChI is InChI=1S/C10H10BrN3O/c11-10-7-5-6(9(15)3-4-12)1-2-8(7)13-14-10/h1-2,5H,3-4,12H2,(H,13,14). The zero-order valence-corrected chi connectivity index (χ0v) is 9.54. The summed E-state index contributed by atoms with van der Waals surface area (Å²) in [4.78, 5) is 11.6. The van der Waals surface area contributed by atoms with E-state index in [0.717, 1.165) is 15.5 Å². The maximum absolute atomic E-state index is 11.6. The predicted octanol–water partition coefficient (Wildman–Crippen LogP) is 1.86. The van der Waals surface area contributed by atoms with E-state index in [-0.39, 0.29) is 5.78 Å². The molecular weight excluding hydrogens is 258 g/mol. The van der Waals surface area contributed by atoms with Gasteiger partial charge in [-0.15, -0.1) is 0 Å². The summed E-state index contributed by atoms with van der Waals surface area (Å²) in [7, 11) is 0. The minimum atomic E-state index is 0.0625. The minimum absolute atomic E-state index is 0.0625. The monoisotopic (exact) mass is 267 g/mol. The first-order chi connectivity index (χ1) is 7.22. The Morgan fingerprint density at radius 3 is 3.07 bits per heavy atom. The fourth-order valence-corrected chi connectivity index (χ4v) is 1.83. The van der Waals surface area contributed by atoms with Gasteiger partial charge in [-0.3, -0.25) is 9.89 Å². The first-order valence-corrected chi connectivity index (χ1v) is 5.38. The van der Waals surface area contributed by atoms with Crippen molar-refractivity contribution in [3.63, 3.8) is 0 Å². The van der Waals surface area contributed by atoms with Crippen LogP contribution in [0.3, 0.4) is 0 Å². The predicted molar refractivity (Wildman–Crippen MR) is 61.8 cm³/mol. The van der Waals surface area contributed by atoms with E-state index in [9.17, 15) is 4.79 Å². The maximum Gasteiger partial charge on any atom is 0.164 e. The van der Waals surface area contributed by atoms with Gasteiger partial charge < -0.3 is 5.73 Å². The van der Waals surface area contributed by atoms with E-state index >= 15 is 0 Å². The molecule has 0 saturated heterocycles. The maximum atomic E-state index is 11.6. The first kappa shape index (κ1) is 10.3. The summed E-state index contributed by atoms with van der Waals surface area (Å²) in [5.74, 6) is 0.0625. The zero-order valence-electron chi connectivity index (χ0n) is 7.96. The summed E-state index contributed by atoms with van der Waals surface area (Å²) < 4.78 is 0.792. The molecule has 1 aromatic heterocycles. The van der Waals surface area contributed by atoms with E-state index in [0.29, 0.717) is 18.5 Å². The quantitative estimate of drug-likeness (QED) is 0.834. The fraction of sp³-hybridized carbons (Fsp3) is 0.200. The topological polar surface area (TPSA) is 71.8 Å². The first-order valence-electron chi connectivity index (χ1n) is 4.59. The number of H-pyrrole nitrogens is 1. The van der Waals surface area contributed by atoms with Crippen molar-refractivity contribution >= 4 is 32.6 Å². The van der Waals surface area contributed by atoms with Gasteiger partial charge >= 0.3 is 0 Å². The zero-order chi connectivity index (χ0) is 10.8. The second-order valence-corrected chi connectivity index (χ2v) is 4.02. The number of Topliss-reactive ketones (excluding diaryl/α,β-unsaturated/α-hetero) is 1. The van der Waals surface area contributed by atoms with Crippen molar-refractivity contribution in [2.24, 2.45) is 5.73 Å². The summed E-state index contributed by atoms with van der Waals surface area (Å²) in [5.41, 5.74) is 6.86. The number of benzene rings is 1. The average Bonchev–Trinajstić information content (AvgIpc) is 2.60. The summed E-state index contributed by atoms with van der Waals surface area (Å²) in [6.07, 6.45) is 0.376. The van der Waals surface area contributed by atoms with Gasteiger partial charge in [0.2, 0.25) is 0 Å². The number of carbonyl (C=O) groups excluding carboxylic acids is 1. The molecule has 0 aliphatic carbocycles. The van der Waals surface area contributed by atoms with Crippen molar-refractivity contribution in [1.29, 1.82) is 0 Å². The lowest BCUT2D eigenvalue weighted by atomic mass is 10.1. The van der Waals surface area contributed by atoms with Crippen LogP contribution in [0.5, 0.6) is 0 Å². The highest BCUT2D eigenvalue weighted by Gasteiger charge is 2.08. The number of halogens is 1. The Morgan fingerprint density at radius 2 is 2.33 bits per heavy atom. The minimum Gasteiger partial charge on any atom is -0.330 e. The molecule has 4 nitrogen and oxygen atoms in total. The van der Waals surface area contributed by atoms with E-state index in [1.54, 1.807) is 6.07 Å². The highest BCUT2D eigenvalue weighted by molar-refractivity contribution is 9.10. The van der Waals surface area contributed by atoms with Crippen molar-refractivity contribution in [2.45, 2.75) is 6.42 Å². The molecule has 2 aromatic rings. The molecule has 78 valence electrons. The molecule has 0 saturated carbocycles. The molecule has 0 radical (unpaired) electrons. The van der Waals surface area contributed by atoms with Gasteiger partial charge in [0.15, 0.2) is 5.78 Å². The van der Waals surface area contributed by atoms with Gasteiger partial charge in [0, 0.05) is 17.4 Å². The van der Waals surface area contributed by atoms with E-state index in [2.05, 4.69) is 26.1 Å². The number of nitrogens with two attached hydrogens (primary N) is 1. The van der Waals surface area contributed by atoms with Crippen LogP contribution in [0.15, 0.2) is 22.8 Å². The van der Waals surface area contributed by atoms with Crippen LogP contribution in [-0.4, -0.2) is 22.5 Å².